The maximum absolute atomic E-state index is 13.9. The smallest absolute Gasteiger partial charge is 0.257 e. The molecule has 9 heteroatoms. The van der Waals surface area contributed by atoms with Crippen LogP contribution in [0.3, 0.4) is 0 Å². The highest BCUT2D eigenvalue weighted by Gasteiger charge is 2.36. The molecular weight excluding hydrogens is 444 g/mol. The Morgan fingerprint density at radius 2 is 1.94 bits per heavy atom. The van der Waals surface area contributed by atoms with E-state index in [-0.39, 0.29) is 18.0 Å². The molecule has 1 N–H and O–H groups in total. The fourth-order valence-electron chi connectivity index (χ4n) is 4.95. The molecule has 5 rings (SSSR count). The van der Waals surface area contributed by atoms with Crippen molar-refractivity contribution in [3.8, 4) is 16.9 Å². The number of aromatic amines is 1. The van der Waals surface area contributed by atoms with Crippen molar-refractivity contribution in [2.24, 2.45) is 0 Å². The predicted molar refractivity (Wildman–Crippen MR) is 125 cm³/mol. The van der Waals surface area contributed by atoms with E-state index in [0.717, 1.165) is 41.0 Å². The number of H-pyrrole nitrogens is 1. The Morgan fingerprint density at radius 1 is 1.15 bits per heavy atom. The first-order valence-corrected chi connectivity index (χ1v) is 11.3. The van der Waals surface area contributed by atoms with Crippen LogP contribution in [0, 0.1) is 20.8 Å². The lowest BCUT2D eigenvalue weighted by molar-refractivity contribution is 0.0753. The molecule has 2 aromatic heterocycles. The number of ether oxygens (including phenoxy) is 1. The minimum atomic E-state index is -0.260. The number of rotatable bonds is 4. The van der Waals surface area contributed by atoms with E-state index in [4.69, 9.17) is 20.9 Å². The number of carbonyl (C=O) groups is 1. The van der Waals surface area contributed by atoms with Crippen LogP contribution in [0.4, 0.5) is 5.69 Å². The van der Waals surface area contributed by atoms with E-state index in [9.17, 15) is 9.59 Å². The fraction of sp³-hybridized carbons (Fsp3) is 0.375. The standard InChI is InChI=1S/C24H25ClN4O4/c1-12-9-18(32-4)17(23(30)26-12)11-29-8-7-28-6-5-15-10-16(19-13(2)27-33-14(19)3)21(25)20(22(15)28)24(29)31/h9-10H,5-8,11H2,1-4H3,(H,26,30). The summed E-state index contributed by atoms with van der Waals surface area (Å²) in [5.41, 5.74) is 5.61. The number of hydrogen-bond donors (Lipinski definition) is 1. The Labute approximate surface area is 196 Å². The number of methoxy groups -OCH3 is 1. The maximum Gasteiger partial charge on any atom is 0.257 e. The minimum absolute atomic E-state index is 0.131. The van der Waals surface area contributed by atoms with Crippen molar-refractivity contribution in [3.05, 3.63) is 61.3 Å². The maximum atomic E-state index is 13.9. The van der Waals surface area contributed by atoms with Crippen LogP contribution in [0.25, 0.3) is 11.1 Å². The van der Waals surface area contributed by atoms with Crippen LogP contribution in [0.1, 0.15) is 38.6 Å². The topological polar surface area (TPSA) is 91.7 Å². The van der Waals surface area contributed by atoms with Gasteiger partial charge in [0.15, 0.2) is 0 Å². The van der Waals surface area contributed by atoms with Crippen molar-refractivity contribution < 1.29 is 14.1 Å². The molecule has 0 spiro atoms. The fourth-order valence-corrected chi connectivity index (χ4v) is 5.27. The molecular formula is C24H25ClN4O4. The lowest BCUT2D eigenvalue weighted by atomic mass is 9.96. The van der Waals surface area contributed by atoms with Gasteiger partial charge in [-0.15, -0.1) is 0 Å². The van der Waals surface area contributed by atoms with Gasteiger partial charge in [0.2, 0.25) is 0 Å². The van der Waals surface area contributed by atoms with E-state index in [0.29, 0.717) is 46.4 Å². The number of hydrogen-bond acceptors (Lipinski definition) is 6. The molecule has 172 valence electrons. The molecule has 2 aliphatic heterocycles. The summed E-state index contributed by atoms with van der Waals surface area (Å²) in [6.07, 6.45) is 0.842. The third kappa shape index (κ3) is 3.40. The number of aromatic nitrogens is 2. The highest BCUT2D eigenvalue weighted by Crippen LogP contribution is 2.45. The summed E-state index contributed by atoms with van der Waals surface area (Å²) in [7, 11) is 1.52. The van der Waals surface area contributed by atoms with Crippen molar-refractivity contribution in [3.63, 3.8) is 0 Å². The second-order valence-electron chi connectivity index (χ2n) is 8.61. The van der Waals surface area contributed by atoms with E-state index in [1.807, 2.05) is 13.8 Å². The van der Waals surface area contributed by atoms with Crippen LogP contribution >= 0.6 is 11.6 Å². The van der Waals surface area contributed by atoms with Gasteiger partial charge in [-0.05, 0) is 44.9 Å². The number of benzene rings is 1. The van der Waals surface area contributed by atoms with Gasteiger partial charge in [-0.3, -0.25) is 9.59 Å². The SMILES string of the molecule is COc1cc(C)[nH]c(=O)c1CN1CCN2CCc3cc(-c4c(C)noc4C)c(Cl)c(c32)C1=O. The summed E-state index contributed by atoms with van der Waals surface area (Å²) in [5, 5.41) is 4.45. The third-order valence-corrected chi connectivity index (χ3v) is 6.92. The number of pyridine rings is 1. The molecule has 4 heterocycles. The van der Waals surface area contributed by atoms with Gasteiger partial charge in [0.1, 0.15) is 11.5 Å². The molecule has 3 aromatic rings. The van der Waals surface area contributed by atoms with Crippen molar-refractivity contribution in [2.45, 2.75) is 33.7 Å². The monoisotopic (exact) mass is 468 g/mol. The number of anilines is 1. The van der Waals surface area contributed by atoms with Crippen LogP contribution in [-0.2, 0) is 13.0 Å². The Morgan fingerprint density at radius 3 is 2.64 bits per heavy atom. The molecule has 8 nitrogen and oxygen atoms in total. The second-order valence-corrected chi connectivity index (χ2v) is 8.99. The Bertz CT molecular complexity index is 1320. The van der Waals surface area contributed by atoms with Gasteiger partial charge in [-0.2, -0.15) is 0 Å². The first kappa shape index (κ1) is 21.6. The predicted octanol–water partition coefficient (Wildman–Crippen LogP) is 3.64. The molecule has 0 saturated carbocycles. The van der Waals surface area contributed by atoms with Crippen molar-refractivity contribution in [2.75, 3.05) is 31.6 Å². The third-order valence-electron chi connectivity index (χ3n) is 6.53. The largest absolute Gasteiger partial charge is 0.496 e. The van der Waals surface area contributed by atoms with Gasteiger partial charge < -0.3 is 24.0 Å². The number of aryl methyl sites for hydroxylation is 3. The lowest BCUT2D eigenvalue weighted by Crippen LogP contribution is -2.36. The van der Waals surface area contributed by atoms with E-state index >= 15 is 0 Å². The quantitative estimate of drug-likeness (QED) is 0.628. The zero-order valence-corrected chi connectivity index (χ0v) is 19.8. The summed E-state index contributed by atoms with van der Waals surface area (Å²) in [4.78, 5) is 33.3. The first-order valence-electron chi connectivity index (χ1n) is 10.9. The van der Waals surface area contributed by atoms with Crippen LogP contribution in [0.15, 0.2) is 21.5 Å². The van der Waals surface area contributed by atoms with E-state index in [1.165, 1.54) is 7.11 Å². The average molecular weight is 469 g/mol. The van der Waals surface area contributed by atoms with Crippen LogP contribution in [0.5, 0.6) is 5.75 Å². The van der Waals surface area contributed by atoms with Crippen molar-refractivity contribution in [1.29, 1.82) is 0 Å². The van der Waals surface area contributed by atoms with E-state index in [2.05, 4.69) is 21.1 Å². The number of amides is 1. The molecule has 0 fully saturated rings. The zero-order valence-electron chi connectivity index (χ0n) is 19.0. The van der Waals surface area contributed by atoms with Crippen LogP contribution in [0.2, 0.25) is 5.02 Å². The molecule has 33 heavy (non-hydrogen) atoms. The second kappa shape index (κ2) is 7.95. The van der Waals surface area contributed by atoms with Gasteiger partial charge in [0, 0.05) is 36.5 Å². The number of carbonyl (C=O) groups excluding carboxylic acids is 1. The number of nitrogens with zero attached hydrogens (tertiary/aromatic N) is 3. The molecule has 2 aliphatic rings. The van der Waals surface area contributed by atoms with E-state index in [1.54, 1.807) is 17.9 Å². The summed E-state index contributed by atoms with van der Waals surface area (Å²) >= 11 is 6.94. The van der Waals surface area contributed by atoms with Gasteiger partial charge in [0.25, 0.3) is 11.5 Å². The van der Waals surface area contributed by atoms with Crippen LogP contribution in [-0.4, -0.2) is 47.7 Å². The summed E-state index contributed by atoms with van der Waals surface area (Å²) in [6.45, 7) is 7.59. The summed E-state index contributed by atoms with van der Waals surface area (Å²) in [6, 6.07) is 3.83. The lowest BCUT2D eigenvalue weighted by Gasteiger charge is -2.23. The molecule has 0 saturated heterocycles. The van der Waals surface area contributed by atoms with Crippen LogP contribution < -0.4 is 15.2 Å². The highest BCUT2D eigenvalue weighted by atomic mass is 35.5. The molecule has 0 atom stereocenters. The number of halogens is 1. The summed E-state index contributed by atoms with van der Waals surface area (Å²) in [5.74, 6) is 0.926. The van der Waals surface area contributed by atoms with Crippen molar-refractivity contribution >= 4 is 23.2 Å². The Hall–Kier alpha value is -3.26. The normalized spacial score (nSPS) is 15.1. The zero-order chi connectivity index (χ0) is 23.4. The first-order chi connectivity index (χ1) is 15.8. The number of nitrogens with one attached hydrogen (secondary N) is 1. The highest BCUT2D eigenvalue weighted by molar-refractivity contribution is 6.37. The molecule has 0 unspecified atom stereocenters. The molecule has 1 amide bonds. The Balaban J connectivity index is 1.64. The molecule has 1 aromatic carbocycles. The minimum Gasteiger partial charge on any atom is -0.496 e. The van der Waals surface area contributed by atoms with E-state index < -0.39 is 0 Å². The van der Waals surface area contributed by atoms with Gasteiger partial charge in [0.05, 0.1) is 41.2 Å². The van der Waals surface area contributed by atoms with Crippen molar-refractivity contribution in [1.82, 2.24) is 15.0 Å². The Kier molecular flexibility index (Phi) is 5.20. The van der Waals surface area contributed by atoms with Gasteiger partial charge in [-0.25, -0.2) is 0 Å². The van der Waals surface area contributed by atoms with Gasteiger partial charge in [-0.1, -0.05) is 16.8 Å². The molecule has 0 aliphatic carbocycles. The molecule has 0 bridgehead atoms. The average Bonchev–Trinajstić information content (AvgIpc) is 3.29. The van der Waals surface area contributed by atoms with Gasteiger partial charge >= 0.3 is 0 Å². The summed E-state index contributed by atoms with van der Waals surface area (Å²) < 4.78 is 10.8. The molecule has 0 radical (unpaired) electrons.